The summed E-state index contributed by atoms with van der Waals surface area (Å²) in [6.45, 7) is 2.24. The smallest absolute Gasteiger partial charge is 0.269 e. The van der Waals surface area contributed by atoms with Crippen molar-refractivity contribution in [3.05, 3.63) is 75.3 Å². The number of non-ortho nitro benzene ring substituents is 1. The van der Waals surface area contributed by atoms with Gasteiger partial charge in [-0.1, -0.05) is 30.3 Å². The van der Waals surface area contributed by atoms with Crippen LogP contribution in [0.25, 0.3) is 0 Å². The summed E-state index contributed by atoms with van der Waals surface area (Å²) in [5, 5.41) is 20.0. The van der Waals surface area contributed by atoms with Gasteiger partial charge in [-0.2, -0.15) is 0 Å². The molecule has 0 bridgehead atoms. The molecule has 126 valence electrons. The molecule has 0 spiro atoms. The first-order chi connectivity index (χ1) is 11.5. The number of carbonyl (C=O) groups excluding carboxylic acids is 1. The van der Waals surface area contributed by atoms with Gasteiger partial charge in [0.15, 0.2) is 0 Å². The van der Waals surface area contributed by atoms with E-state index in [1.165, 1.54) is 18.2 Å². The van der Waals surface area contributed by atoms with Gasteiger partial charge in [0.05, 0.1) is 11.5 Å². The molecule has 0 saturated carbocycles. The first-order valence-corrected chi connectivity index (χ1v) is 7.72. The van der Waals surface area contributed by atoms with Crippen LogP contribution in [0.1, 0.15) is 21.5 Å². The van der Waals surface area contributed by atoms with E-state index in [2.05, 4.69) is 0 Å². The molecule has 0 saturated heterocycles. The largest absolute Gasteiger partial charge is 0.395 e. The number of hydrogen-bond donors (Lipinski definition) is 1. The molecule has 0 fully saturated rings. The van der Waals surface area contributed by atoms with E-state index in [-0.39, 0.29) is 24.7 Å². The molecule has 24 heavy (non-hydrogen) atoms. The molecule has 0 heterocycles. The van der Waals surface area contributed by atoms with Crippen LogP contribution in [0, 0.1) is 17.0 Å². The Bertz CT molecular complexity index is 716. The zero-order valence-electron chi connectivity index (χ0n) is 13.5. The molecule has 0 atom stereocenters. The minimum atomic E-state index is -0.484. The Morgan fingerprint density at radius 2 is 1.88 bits per heavy atom. The van der Waals surface area contributed by atoms with Crippen molar-refractivity contribution in [2.24, 2.45) is 0 Å². The number of aryl methyl sites for hydroxylation is 1. The maximum absolute atomic E-state index is 12.7. The third-order valence-electron chi connectivity index (χ3n) is 3.82. The molecule has 0 aromatic heterocycles. The van der Waals surface area contributed by atoms with E-state index in [1.54, 1.807) is 11.8 Å². The summed E-state index contributed by atoms with van der Waals surface area (Å²) < 4.78 is 0. The number of benzene rings is 2. The average Bonchev–Trinajstić information content (AvgIpc) is 2.58. The van der Waals surface area contributed by atoms with Gasteiger partial charge < -0.3 is 10.0 Å². The Morgan fingerprint density at radius 3 is 2.46 bits per heavy atom. The zero-order chi connectivity index (χ0) is 17.5. The van der Waals surface area contributed by atoms with Crippen LogP contribution >= 0.6 is 0 Å². The summed E-state index contributed by atoms with van der Waals surface area (Å²) in [5.41, 5.74) is 2.04. The van der Waals surface area contributed by atoms with Crippen LogP contribution in [-0.2, 0) is 6.42 Å². The van der Waals surface area contributed by atoms with Crippen LogP contribution < -0.4 is 0 Å². The fraction of sp³-hybridized carbons (Fsp3) is 0.278. The zero-order valence-corrected chi connectivity index (χ0v) is 13.5. The predicted molar refractivity (Wildman–Crippen MR) is 91.0 cm³/mol. The van der Waals surface area contributed by atoms with Crippen molar-refractivity contribution in [1.82, 2.24) is 4.90 Å². The lowest BCUT2D eigenvalue weighted by molar-refractivity contribution is -0.384. The Morgan fingerprint density at radius 1 is 1.17 bits per heavy atom. The van der Waals surface area contributed by atoms with Crippen molar-refractivity contribution < 1.29 is 14.8 Å². The lowest BCUT2D eigenvalue weighted by atomic mass is 10.1. The second kappa shape index (κ2) is 8.21. The number of carbonyl (C=O) groups is 1. The molecule has 0 aliphatic carbocycles. The molecule has 6 heteroatoms. The first kappa shape index (κ1) is 17.6. The number of aliphatic hydroxyl groups is 1. The number of nitro groups is 1. The van der Waals surface area contributed by atoms with E-state index < -0.39 is 4.92 Å². The summed E-state index contributed by atoms with van der Waals surface area (Å²) in [4.78, 5) is 24.6. The van der Waals surface area contributed by atoms with Gasteiger partial charge in [-0.15, -0.1) is 0 Å². The van der Waals surface area contributed by atoms with Crippen molar-refractivity contribution in [2.45, 2.75) is 13.3 Å². The fourth-order valence-electron chi connectivity index (χ4n) is 2.52. The van der Waals surface area contributed by atoms with Crippen LogP contribution in [0.15, 0.2) is 48.5 Å². The summed E-state index contributed by atoms with van der Waals surface area (Å²) in [7, 11) is 0. The quantitative estimate of drug-likeness (QED) is 0.625. The summed E-state index contributed by atoms with van der Waals surface area (Å²) in [5.74, 6) is -0.229. The highest BCUT2D eigenvalue weighted by Gasteiger charge is 2.19. The summed E-state index contributed by atoms with van der Waals surface area (Å²) >= 11 is 0. The van der Waals surface area contributed by atoms with Crippen molar-refractivity contribution in [3.8, 4) is 0 Å². The van der Waals surface area contributed by atoms with Crippen LogP contribution in [-0.4, -0.2) is 40.5 Å². The van der Waals surface area contributed by atoms with E-state index in [9.17, 15) is 20.0 Å². The molecule has 2 aromatic rings. The minimum Gasteiger partial charge on any atom is -0.395 e. The number of amides is 1. The van der Waals surface area contributed by atoms with E-state index >= 15 is 0 Å². The Kier molecular flexibility index (Phi) is 6.03. The van der Waals surface area contributed by atoms with Crippen LogP contribution in [0.4, 0.5) is 5.69 Å². The van der Waals surface area contributed by atoms with Crippen LogP contribution in [0.2, 0.25) is 0 Å². The lowest BCUT2D eigenvalue weighted by Gasteiger charge is -2.22. The normalized spacial score (nSPS) is 10.4. The number of rotatable bonds is 7. The number of hydrogen-bond acceptors (Lipinski definition) is 4. The van der Waals surface area contributed by atoms with Gasteiger partial charge in [0.2, 0.25) is 0 Å². The number of nitrogens with zero attached hydrogens (tertiary/aromatic N) is 2. The second-order valence-corrected chi connectivity index (χ2v) is 5.51. The molecule has 0 aliphatic rings. The molecular weight excluding hydrogens is 308 g/mol. The minimum absolute atomic E-state index is 0.0398. The van der Waals surface area contributed by atoms with Gasteiger partial charge in [-0.3, -0.25) is 14.9 Å². The van der Waals surface area contributed by atoms with Gasteiger partial charge in [0.1, 0.15) is 0 Å². The molecule has 0 aliphatic heterocycles. The Hall–Kier alpha value is -2.73. The summed E-state index contributed by atoms with van der Waals surface area (Å²) in [6, 6.07) is 14.0. The van der Waals surface area contributed by atoms with Crippen molar-refractivity contribution >= 4 is 11.6 Å². The first-order valence-electron chi connectivity index (χ1n) is 7.72. The molecule has 2 rings (SSSR count). The number of nitro benzene ring substituents is 1. The molecule has 0 unspecified atom stereocenters. The van der Waals surface area contributed by atoms with Crippen molar-refractivity contribution in [1.29, 1.82) is 0 Å². The van der Waals surface area contributed by atoms with Gasteiger partial charge in [0, 0.05) is 30.8 Å². The van der Waals surface area contributed by atoms with E-state index in [4.69, 9.17) is 0 Å². The lowest BCUT2D eigenvalue weighted by Crippen LogP contribution is -2.35. The third-order valence-corrected chi connectivity index (χ3v) is 3.82. The molecular formula is C18H20N2O4. The maximum atomic E-state index is 12.7. The van der Waals surface area contributed by atoms with Crippen molar-refractivity contribution in [3.63, 3.8) is 0 Å². The molecule has 2 aromatic carbocycles. The van der Waals surface area contributed by atoms with E-state index in [1.807, 2.05) is 30.3 Å². The summed E-state index contributed by atoms with van der Waals surface area (Å²) in [6.07, 6.45) is 0.679. The van der Waals surface area contributed by atoms with Gasteiger partial charge in [-0.25, -0.2) is 0 Å². The van der Waals surface area contributed by atoms with Gasteiger partial charge in [0.25, 0.3) is 11.6 Å². The van der Waals surface area contributed by atoms with Gasteiger partial charge >= 0.3 is 0 Å². The SMILES string of the molecule is Cc1cc([N+](=O)[O-])ccc1C(=O)N(CCO)CCc1ccccc1. The standard InChI is InChI=1S/C18H20N2O4/c1-14-13-16(20(23)24)7-8-17(14)18(22)19(11-12-21)10-9-15-5-3-2-4-6-15/h2-8,13,21H,9-12H2,1H3. The monoisotopic (exact) mass is 328 g/mol. The van der Waals surface area contributed by atoms with E-state index in [0.717, 1.165) is 5.56 Å². The highest BCUT2D eigenvalue weighted by Crippen LogP contribution is 2.19. The van der Waals surface area contributed by atoms with Crippen LogP contribution in [0.5, 0.6) is 0 Å². The molecule has 6 nitrogen and oxygen atoms in total. The maximum Gasteiger partial charge on any atom is 0.269 e. The third kappa shape index (κ3) is 4.39. The predicted octanol–water partition coefficient (Wildman–Crippen LogP) is 2.58. The Labute approximate surface area is 140 Å². The molecule has 1 N–H and O–H groups in total. The highest BCUT2D eigenvalue weighted by atomic mass is 16.6. The Balaban J connectivity index is 2.15. The van der Waals surface area contributed by atoms with Crippen LogP contribution in [0.3, 0.4) is 0 Å². The van der Waals surface area contributed by atoms with Gasteiger partial charge in [-0.05, 0) is 30.5 Å². The fourth-order valence-corrected chi connectivity index (χ4v) is 2.52. The molecule has 0 radical (unpaired) electrons. The highest BCUT2D eigenvalue weighted by molar-refractivity contribution is 5.96. The van der Waals surface area contributed by atoms with Crippen molar-refractivity contribution in [2.75, 3.05) is 19.7 Å². The van der Waals surface area contributed by atoms with E-state index in [0.29, 0.717) is 24.1 Å². The second-order valence-electron chi connectivity index (χ2n) is 5.51. The topological polar surface area (TPSA) is 83.7 Å². The average molecular weight is 328 g/mol. The number of aliphatic hydroxyl groups excluding tert-OH is 1. The molecule has 1 amide bonds.